The third kappa shape index (κ3) is 9.03. The molecule has 2 rings (SSSR count). The molecule has 0 bridgehead atoms. The van der Waals surface area contributed by atoms with Crippen molar-refractivity contribution in [2.45, 2.75) is 32.0 Å². The fourth-order valence-electron chi connectivity index (χ4n) is 2.49. The maximum atomic E-state index is 12.8. The summed E-state index contributed by atoms with van der Waals surface area (Å²) >= 11 is 0. The number of aliphatic hydroxyl groups excluding tert-OH is 1. The minimum absolute atomic E-state index is 0.0891. The van der Waals surface area contributed by atoms with Crippen LogP contribution in [0.15, 0.2) is 29.3 Å². The van der Waals surface area contributed by atoms with Crippen LogP contribution in [0.2, 0.25) is 0 Å². The maximum Gasteiger partial charge on any atom is 0.191 e. The first-order chi connectivity index (χ1) is 13.2. The topological polar surface area (TPSA) is 84.3 Å². The summed E-state index contributed by atoms with van der Waals surface area (Å²) < 4.78 is 29.3. The molecule has 1 aliphatic heterocycles. The van der Waals surface area contributed by atoms with Gasteiger partial charge in [-0.1, -0.05) is 0 Å². The Morgan fingerprint density at radius 1 is 1.37 bits per heavy atom. The summed E-state index contributed by atoms with van der Waals surface area (Å²) in [5, 5.41) is 16.4. The largest absolute Gasteiger partial charge is 0.491 e. The molecule has 0 spiro atoms. The Morgan fingerprint density at radius 2 is 2.19 bits per heavy atom. The van der Waals surface area contributed by atoms with Crippen LogP contribution in [0, 0.1) is 5.82 Å². The number of nitrogens with zero attached hydrogens (tertiary/aromatic N) is 1. The number of ether oxygens (including phenoxy) is 3. The second-order valence-electron chi connectivity index (χ2n) is 6.28. The Hall–Kier alpha value is -1.90. The van der Waals surface area contributed by atoms with Gasteiger partial charge in [0, 0.05) is 26.3 Å². The van der Waals surface area contributed by atoms with Crippen LogP contribution >= 0.6 is 0 Å². The van der Waals surface area contributed by atoms with Crippen molar-refractivity contribution in [3.05, 3.63) is 30.1 Å². The predicted octanol–water partition coefficient (Wildman–Crippen LogP) is 1.32. The molecule has 1 aliphatic rings. The van der Waals surface area contributed by atoms with Gasteiger partial charge in [-0.05, 0) is 44.0 Å². The zero-order valence-electron chi connectivity index (χ0n) is 15.8. The van der Waals surface area contributed by atoms with E-state index in [2.05, 4.69) is 15.6 Å². The van der Waals surface area contributed by atoms with Crippen LogP contribution in [0.25, 0.3) is 0 Å². The molecule has 0 saturated carbocycles. The van der Waals surface area contributed by atoms with Crippen molar-refractivity contribution in [1.29, 1.82) is 0 Å². The molecule has 0 aromatic heterocycles. The summed E-state index contributed by atoms with van der Waals surface area (Å²) in [7, 11) is 0. The molecule has 1 aromatic carbocycles. The van der Waals surface area contributed by atoms with Gasteiger partial charge in [0.15, 0.2) is 5.96 Å². The van der Waals surface area contributed by atoms with Crippen LogP contribution in [0.1, 0.15) is 19.8 Å². The van der Waals surface area contributed by atoms with Crippen molar-refractivity contribution in [2.75, 3.05) is 46.1 Å². The number of guanidine groups is 1. The highest BCUT2D eigenvalue weighted by molar-refractivity contribution is 5.79. The lowest BCUT2D eigenvalue weighted by Gasteiger charge is -2.14. The predicted molar refractivity (Wildman–Crippen MR) is 102 cm³/mol. The van der Waals surface area contributed by atoms with Gasteiger partial charge in [0.05, 0.1) is 19.3 Å². The van der Waals surface area contributed by atoms with Crippen molar-refractivity contribution >= 4 is 5.96 Å². The molecule has 1 aromatic rings. The van der Waals surface area contributed by atoms with Gasteiger partial charge in [-0.15, -0.1) is 0 Å². The number of hydrogen-bond acceptors (Lipinski definition) is 5. The van der Waals surface area contributed by atoms with E-state index in [9.17, 15) is 9.50 Å². The smallest absolute Gasteiger partial charge is 0.191 e. The molecular formula is C19H30FN3O4. The maximum absolute atomic E-state index is 12.8. The van der Waals surface area contributed by atoms with Gasteiger partial charge in [-0.3, -0.25) is 4.99 Å². The molecular weight excluding hydrogens is 353 g/mol. The van der Waals surface area contributed by atoms with Gasteiger partial charge < -0.3 is 30.0 Å². The van der Waals surface area contributed by atoms with E-state index < -0.39 is 6.10 Å². The lowest BCUT2D eigenvalue weighted by molar-refractivity contribution is 0.0420. The lowest BCUT2D eigenvalue weighted by Crippen LogP contribution is -2.39. The molecule has 27 heavy (non-hydrogen) atoms. The fraction of sp³-hybridized carbons (Fsp3) is 0.632. The molecule has 3 N–H and O–H groups in total. The van der Waals surface area contributed by atoms with Gasteiger partial charge in [0.25, 0.3) is 0 Å². The quantitative estimate of drug-likeness (QED) is 0.304. The second-order valence-corrected chi connectivity index (χ2v) is 6.28. The van der Waals surface area contributed by atoms with Crippen LogP contribution in [-0.4, -0.2) is 69.3 Å². The van der Waals surface area contributed by atoms with Gasteiger partial charge in [0.1, 0.15) is 24.3 Å². The number of aliphatic imine (C=N–C) groups is 1. The van der Waals surface area contributed by atoms with Crippen molar-refractivity contribution in [2.24, 2.45) is 4.99 Å². The number of rotatable bonds is 11. The van der Waals surface area contributed by atoms with E-state index in [1.807, 2.05) is 6.92 Å². The molecule has 1 saturated heterocycles. The molecule has 0 aliphatic carbocycles. The molecule has 2 atom stereocenters. The first-order valence-corrected chi connectivity index (χ1v) is 9.45. The highest BCUT2D eigenvalue weighted by atomic mass is 19.1. The minimum atomic E-state index is -0.754. The van der Waals surface area contributed by atoms with Crippen LogP contribution in [-0.2, 0) is 9.47 Å². The van der Waals surface area contributed by atoms with Crippen LogP contribution in [0.3, 0.4) is 0 Å². The average molecular weight is 383 g/mol. The number of benzene rings is 1. The third-order valence-electron chi connectivity index (χ3n) is 3.92. The van der Waals surface area contributed by atoms with E-state index in [4.69, 9.17) is 14.2 Å². The normalized spacial score (nSPS) is 18.3. The Morgan fingerprint density at radius 3 is 2.89 bits per heavy atom. The standard InChI is InChI=1S/C19H30FN3O4/c1-2-21-19(22-9-3-10-26-18-8-11-25-14-18)23-12-16(24)13-27-17-6-4-15(20)5-7-17/h4-7,16,18,24H,2-3,8-14H2,1H3,(H2,21,22,23). The Labute approximate surface area is 159 Å². The van der Waals surface area contributed by atoms with Crippen LogP contribution < -0.4 is 15.4 Å². The van der Waals surface area contributed by atoms with E-state index in [-0.39, 0.29) is 25.1 Å². The Balaban J connectivity index is 1.62. The van der Waals surface area contributed by atoms with Crippen molar-refractivity contribution in [3.8, 4) is 5.75 Å². The monoisotopic (exact) mass is 383 g/mol. The number of nitrogens with one attached hydrogen (secondary N) is 2. The van der Waals surface area contributed by atoms with E-state index >= 15 is 0 Å². The molecule has 0 radical (unpaired) electrons. The van der Waals surface area contributed by atoms with Gasteiger partial charge in [0.2, 0.25) is 0 Å². The van der Waals surface area contributed by atoms with E-state index in [0.29, 0.717) is 24.9 Å². The summed E-state index contributed by atoms with van der Waals surface area (Å²) in [6.45, 7) is 5.87. The highest BCUT2D eigenvalue weighted by Gasteiger charge is 2.15. The summed E-state index contributed by atoms with van der Waals surface area (Å²) in [4.78, 5) is 4.36. The van der Waals surface area contributed by atoms with Crippen LogP contribution in [0.5, 0.6) is 5.75 Å². The lowest BCUT2D eigenvalue weighted by atomic mass is 10.3. The molecule has 1 fully saturated rings. The molecule has 0 amide bonds. The zero-order valence-corrected chi connectivity index (χ0v) is 15.8. The molecule has 152 valence electrons. The highest BCUT2D eigenvalue weighted by Crippen LogP contribution is 2.11. The van der Waals surface area contributed by atoms with Crippen molar-refractivity contribution < 1.29 is 23.7 Å². The summed E-state index contributed by atoms with van der Waals surface area (Å²) in [5.41, 5.74) is 0. The average Bonchev–Trinajstić information content (AvgIpc) is 3.18. The fourth-order valence-corrected chi connectivity index (χ4v) is 2.49. The minimum Gasteiger partial charge on any atom is -0.491 e. The van der Waals surface area contributed by atoms with Crippen molar-refractivity contribution in [1.82, 2.24) is 10.6 Å². The molecule has 8 heteroatoms. The first kappa shape index (κ1) is 21.4. The van der Waals surface area contributed by atoms with E-state index in [1.165, 1.54) is 24.3 Å². The van der Waals surface area contributed by atoms with Gasteiger partial charge >= 0.3 is 0 Å². The SMILES string of the molecule is CCNC(=NCC(O)COc1ccc(F)cc1)NCCCOC1CCOC1. The van der Waals surface area contributed by atoms with E-state index in [1.54, 1.807) is 0 Å². The molecule has 2 unspecified atom stereocenters. The molecule has 7 nitrogen and oxygen atoms in total. The van der Waals surface area contributed by atoms with E-state index in [0.717, 1.165) is 32.5 Å². The number of halogens is 1. The Bertz CT molecular complexity index is 550. The Kier molecular flexibility index (Phi) is 9.89. The van der Waals surface area contributed by atoms with Crippen LogP contribution in [0.4, 0.5) is 4.39 Å². The van der Waals surface area contributed by atoms with Gasteiger partial charge in [-0.25, -0.2) is 4.39 Å². The summed E-state index contributed by atoms with van der Waals surface area (Å²) in [5.74, 6) is 0.829. The van der Waals surface area contributed by atoms with Crippen molar-refractivity contribution in [3.63, 3.8) is 0 Å². The third-order valence-corrected chi connectivity index (χ3v) is 3.92. The number of hydrogen-bond donors (Lipinski definition) is 3. The summed E-state index contributed by atoms with van der Waals surface area (Å²) in [6.07, 6.45) is 1.30. The first-order valence-electron chi connectivity index (χ1n) is 9.45. The van der Waals surface area contributed by atoms with Gasteiger partial charge in [-0.2, -0.15) is 0 Å². The summed E-state index contributed by atoms with van der Waals surface area (Å²) in [6, 6.07) is 5.68. The number of aliphatic hydroxyl groups is 1. The molecule has 1 heterocycles. The second kappa shape index (κ2) is 12.5. The zero-order chi connectivity index (χ0) is 19.3.